The molecule has 0 saturated carbocycles. The zero-order valence-corrected chi connectivity index (χ0v) is 16.5. The van der Waals surface area contributed by atoms with Gasteiger partial charge >= 0.3 is 0 Å². The number of carbonyl (C=O) groups excluding carboxylic acids is 1. The minimum absolute atomic E-state index is 0.0168. The normalized spacial score (nSPS) is 17.8. The van der Waals surface area contributed by atoms with E-state index in [1.54, 1.807) is 12.1 Å². The van der Waals surface area contributed by atoms with Gasteiger partial charge in [0.25, 0.3) is 0 Å². The number of carbonyl (C=O) groups is 1. The van der Waals surface area contributed by atoms with Crippen molar-refractivity contribution in [3.63, 3.8) is 0 Å². The Balaban J connectivity index is 1.84. The molecule has 8 heteroatoms. The molecule has 1 aliphatic rings. The zero-order valence-electron chi connectivity index (χ0n) is 15.7. The maximum Gasteiger partial charge on any atom is 0.233 e. The minimum Gasteiger partial charge on any atom is -0.376 e. The summed E-state index contributed by atoms with van der Waals surface area (Å²) in [6, 6.07) is 6.20. The molecule has 146 valence electrons. The van der Waals surface area contributed by atoms with Crippen LogP contribution in [0.5, 0.6) is 0 Å². The van der Waals surface area contributed by atoms with E-state index in [0.29, 0.717) is 24.1 Å². The summed E-state index contributed by atoms with van der Waals surface area (Å²) in [4.78, 5) is 12.2. The summed E-state index contributed by atoms with van der Waals surface area (Å²) in [7, 11) is 0. The number of hydrogen-bond acceptors (Lipinski definition) is 5. The second-order valence-corrected chi connectivity index (χ2v) is 7.92. The molecule has 2 aromatic rings. The third-order valence-electron chi connectivity index (χ3n) is 4.43. The number of aromatic nitrogens is 3. The molecule has 1 N–H and O–H groups in total. The van der Waals surface area contributed by atoms with E-state index in [4.69, 9.17) is 4.74 Å². The lowest BCUT2D eigenvalue weighted by Gasteiger charge is -2.16. The number of halogens is 1. The van der Waals surface area contributed by atoms with Gasteiger partial charge in [-0.15, -0.1) is 10.2 Å². The van der Waals surface area contributed by atoms with Crippen molar-refractivity contribution in [2.45, 2.75) is 56.2 Å². The number of benzene rings is 1. The number of ether oxygens (including phenoxy) is 1. The highest BCUT2D eigenvalue weighted by Crippen LogP contribution is 2.29. The molecule has 2 heterocycles. The van der Waals surface area contributed by atoms with Crippen LogP contribution < -0.4 is 5.32 Å². The van der Waals surface area contributed by atoms with Crippen LogP contribution in [-0.4, -0.2) is 45.2 Å². The van der Waals surface area contributed by atoms with Gasteiger partial charge in [0.15, 0.2) is 11.0 Å². The van der Waals surface area contributed by atoms with Crippen LogP contribution in [0, 0.1) is 5.82 Å². The van der Waals surface area contributed by atoms with Crippen LogP contribution in [0.3, 0.4) is 0 Å². The summed E-state index contributed by atoms with van der Waals surface area (Å²) in [6.07, 6.45) is 3.02. The summed E-state index contributed by atoms with van der Waals surface area (Å²) in [5, 5.41) is 11.9. The van der Waals surface area contributed by atoms with Gasteiger partial charge in [-0.2, -0.15) is 0 Å². The molecule has 0 spiro atoms. The van der Waals surface area contributed by atoms with Gasteiger partial charge in [0.2, 0.25) is 5.91 Å². The van der Waals surface area contributed by atoms with E-state index in [1.807, 2.05) is 18.4 Å². The molecule has 1 saturated heterocycles. The first-order chi connectivity index (χ1) is 13.1. The topological polar surface area (TPSA) is 69.0 Å². The summed E-state index contributed by atoms with van der Waals surface area (Å²) in [5.41, 5.74) is 0.789. The molecule has 27 heavy (non-hydrogen) atoms. The third-order valence-corrected chi connectivity index (χ3v) is 5.51. The van der Waals surface area contributed by atoms with Gasteiger partial charge in [-0.05, 0) is 50.5 Å². The predicted molar refractivity (Wildman–Crippen MR) is 103 cm³/mol. The summed E-state index contributed by atoms with van der Waals surface area (Å²) in [6.45, 7) is 5.92. The molecule has 0 radical (unpaired) electrons. The number of amides is 1. The molecular formula is C19H25FN4O2S. The van der Waals surface area contributed by atoms with E-state index in [-0.39, 0.29) is 23.1 Å². The van der Waals surface area contributed by atoms with Gasteiger partial charge in [-0.25, -0.2) is 4.39 Å². The number of thioether (sulfide) groups is 1. The van der Waals surface area contributed by atoms with Crippen molar-refractivity contribution >= 4 is 17.7 Å². The molecule has 2 unspecified atom stereocenters. The fourth-order valence-electron chi connectivity index (χ4n) is 2.95. The zero-order chi connectivity index (χ0) is 19.2. The van der Waals surface area contributed by atoms with Gasteiger partial charge in [0.05, 0.1) is 17.9 Å². The molecular weight excluding hydrogens is 367 g/mol. The number of nitrogens with zero attached hydrogens (tertiary/aromatic N) is 3. The maximum atomic E-state index is 13.3. The van der Waals surface area contributed by atoms with Crippen LogP contribution in [0.1, 0.15) is 33.1 Å². The Bertz CT molecular complexity index is 760. The van der Waals surface area contributed by atoms with Crippen LogP contribution in [0.4, 0.5) is 4.39 Å². The van der Waals surface area contributed by atoms with Crippen molar-refractivity contribution in [2.75, 3.05) is 13.2 Å². The van der Waals surface area contributed by atoms with Gasteiger partial charge < -0.3 is 10.1 Å². The van der Waals surface area contributed by atoms with Gasteiger partial charge in [-0.1, -0.05) is 18.7 Å². The van der Waals surface area contributed by atoms with Crippen LogP contribution in [0.15, 0.2) is 29.4 Å². The first kappa shape index (κ1) is 19.8. The lowest BCUT2D eigenvalue weighted by molar-refractivity contribution is -0.120. The lowest BCUT2D eigenvalue weighted by Crippen LogP contribution is -2.31. The van der Waals surface area contributed by atoms with Gasteiger partial charge in [-0.3, -0.25) is 9.36 Å². The Kier molecular flexibility index (Phi) is 6.84. The van der Waals surface area contributed by atoms with E-state index in [1.165, 1.54) is 23.9 Å². The van der Waals surface area contributed by atoms with Crippen molar-refractivity contribution in [3.8, 4) is 11.4 Å². The first-order valence-electron chi connectivity index (χ1n) is 9.33. The Hall–Kier alpha value is -1.93. The summed E-state index contributed by atoms with van der Waals surface area (Å²) >= 11 is 1.38. The minimum atomic E-state index is -0.292. The molecule has 0 bridgehead atoms. The SMILES string of the molecule is CCCNC(=O)C(C)Sc1nnc(-c2ccc(F)cc2)n1CC1CCCO1. The monoisotopic (exact) mass is 392 g/mol. The van der Waals surface area contributed by atoms with Crippen molar-refractivity contribution < 1.29 is 13.9 Å². The average molecular weight is 393 g/mol. The molecule has 1 aliphatic heterocycles. The Morgan fingerprint density at radius 1 is 1.41 bits per heavy atom. The predicted octanol–water partition coefficient (Wildman–Crippen LogP) is 3.27. The Labute approximate surface area is 162 Å². The average Bonchev–Trinajstić information content (AvgIpc) is 3.31. The highest BCUT2D eigenvalue weighted by atomic mass is 32.2. The lowest BCUT2D eigenvalue weighted by atomic mass is 10.2. The molecule has 3 rings (SSSR count). The van der Waals surface area contributed by atoms with Crippen LogP contribution in [0.2, 0.25) is 0 Å². The third kappa shape index (κ3) is 5.07. The molecule has 1 aromatic heterocycles. The first-order valence-corrected chi connectivity index (χ1v) is 10.2. The van der Waals surface area contributed by atoms with Gasteiger partial charge in [0.1, 0.15) is 5.82 Å². The van der Waals surface area contributed by atoms with Crippen molar-refractivity contribution in [2.24, 2.45) is 0 Å². The molecule has 2 atom stereocenters. The largest absolute Gasteiger partial charge is 0.376 e. The Morgan fingerprint density at radius 3 is 2.85 bits per heavy atom. The second kappa shape index (κ2) is 9.32. The van der Waals surface area contributed by atoms with Crippen LogP contribution in [0.25, 0.3) is 11.4 Å². The van der Waals surface area contributed by atoms with E-state index < -0.39 is 0 Å². The van der Waals surface area contributed by atoms with E-state index in [2.05, 4.69) is 15.5 Å². The molecule has 1 fully saturated rings. The van der Waals surface area contributed by atoms with Gasteiger partial charge in [0, 0.05) is 18.7 Å². The molecule has 1 aromatic carbocycles. The summed E-state index contributed by atoms with van der Waals surface area (Å²) < 4.78 is 21.0. The molecule has 1 amide bonds. The number of nitrogens with one attached hydrogen (secondary N) is 1. The highest BCUT2D eigenvalue weighted by Gasteiger charge is 2.24. The van der Waals surface area contributed by atoms with Crippen molar-refractivity contribution in [3.05, 3.63) is 30.1 Å². The number of hydrogen-bond donors (Lipinski definition) is 1. The quantitative estimate of drug-likeness (QED) is 0.699. The maximum absolute atomic E-state index is 13.3. The van der Waals surface area contributed by atoms with E-state index in [0.717, 1.165) is 31.4 Å². The molecule has 6 nitrogen and oxygen atoms in total. The van der Waals surface area contributed by atoms with E-state index in [9.17, 15) is 9.18 Å². The second-order valence-electron chi connectivity index (χ2n) is 6.61. The highest BCUT2D eigenvalue weighted by molar-refractivity contribution is 8.00. The fourth-order valence-corrected chi connectivity index (χ4v) is 3.83. The Morgan fingerprint density at radius 2 is 2.19 bits per heavy atom. The van der Waals surface area contributed by atoms with Crippen molar-refractivity contribution in [1.82, 2.24) is 20.1 Å². The standard InChI is InChI=1S/C19H25FN4O2S/c1-3-10-21-18(25)13(2)27-19-23-22-17(14-6-8-15(20)9-7-14)24(19)12-16-5-4-11-26-16/h6-9,13,16H,3-5,10-12H2,1-2H3,(H,21,25). The molecule has 0 aliphatic carbocycles. The number of rotatable bonds is 8. The smallest absolute Gasteiger partial charge is 0.233 e. The van der Waals surface area contributed by atoms with E-state index >= 15 is 0 Å². The fraction of sp³-hybridized carbons (Fsp3) is 0.526. The van der Waals surface area contributed by atoms with Crippen LogP contribution in [-0.2, 0) is 16.1 Å². The van der Waals surface area contributed by atoms with Crippen LogP contribution >= 0.6 is 11.8 Å². The van der Waals surface area contributed by atoms with Crippen molar-refractivity contribution in [1.29, 1.82) is 0 Å². The summed E-state index contributed by atoms with van der Waals surface area (Å²) in [5.74, 6) is 0.353.